The Hall–Kier alpha value is -1.77. The van der Waals surface area contributed by atoms with E-state index in [0.29, 0.717) is 5.82 Å². The van der Waals surface area contributed by atoms with Crippen molar-refractivity contribution in [2.45, 2.75) is 0 Å². The Balaban J connectivity index is 2.75. The Kier molecular flexibility index (Phi) is 1.55. The van der Waals surface area contributed by atoms with E-state index in [1.54, 1.807) is 6.07 Å². The molecule has 0 fully saturated rings. The molecule has 0 atom stereocenters. The number of pyridine rings is 1. The lowest BCUT2D eigenvalue weighted by Gasteiger charge is -1.95. The molecule has 2 aromatic rings. The fourth-order valence-electron chi connectivity index (χ4n) is 1.11. The fraction of sp³-hybridized carbons (Fsp3) is 0. The van der Waals surface area contributed by atoms with Crippen molar-refractivity contribution in [3.8, 4) is 0 Å². The molecule has 12 heavy (non-hydrogen) atoms. The van der Waals surface area contributed by atoms with Crippen molar-refractivity contribution >= 4 is 16.7 Å². The summed E-state index contributed by atoms with van der Waals surface area (Å²) in [5.74, 6) is 0.341. The van der Waals surface area contributed by atoms with Crippen molar-refractivity contribution in [1.82, 2.24) is 10.5 Å². The Morgan fingerprint density at radius 3 is 2.75 bits per heavy atom. The summed E-state index contributed by atoms with van der Waals surface area (Å²) in [6, 6.07) is 11.2. The molecule has 1 radical (unpaired) electrons. The summed E-state index contributed by atoms with van der Waals surface area (Å²) in [6.45, 7) is 0. The third kappa shape index (κ3) is 1.05. The van der Waals surface area contributed by atoms with Gasteiger partial charge in [0.05, 0.1) is 5.52 Å². The molecule has 1 heterocycles. The largest absolute Gasteiger partial charge is 0.227 e. The third-order valence-corrected chi connectivity index (χ3v) is 1.69. The van der Waals surface area contributed by atoms with E-state index in [1.165, 1.54) is 0 Å². The first-order chi connectivity index (χ1) is 5.90. The normalized spacial score (nSPS) is 10.0. The van der Waals surface area contributed by atoms with Crippen LogP contribution in [0.25, 0.3) is 10.9 Å². The minimum Gasteiger partial charge on any atom is -0.227 e. The number of nitrogens with zero attached hydrogens (tertiary/aromatic N) is 3. The van der Waals surface area contributed by atoms with Gasteiger partial charge >= 0.3 is 0 Å². The highest BCUT2D eigenvalue weighted by Gasteiger charge is 1.94. The molecule has 0 spiro atoms. The van der Waals surface area contributed by atoms with Gasteiger partial charge < -0.3 is 0 Å². The monoisotopic (exact) mass is 156 g/mol. The van der Waals surface area contributed by atoms with Gasteiger partial charge in [0.25, 0.3) is 0 Å². The molecule has 1 aromatic heterocycles. The van der Waals surface area contributed by atoms with E-state index < -0.39 is 0 Å². The van der Waals surface area contributed by atoms with Crippen LogP contribution in [0.3, 0.4) is 0 Å². The average Bonchev–Trinajstić information content (AvgIpc) is 2.17. The molecule has 0 aliphatic carbocycles. The van der Waals surface area contributed by atoms with Gasteiger partial charge in [0.1, 0.15) is 0 Å². The molecule has 0 bridgehead atoms. The second kappa shape index (κ2) is 2.70. The van der Waals surface area contributed by atoms with E-state index >= 15 is 0 Å². The molecule has 0 saturated heterocycles. The van der Waals surface area contributed by atoms with Crippen LogP contribution in [-0.2, 0) is 0 Å². The Morgan fingerprint density at radius 1 is 1.08 bits per heavy atom. The topological polar surface area (TPSA) is 47.5 Å². The second-order valence-corrected chi connectivity index (χ2v) is 2.46. The number of fused-ring (bicyclic) bond motifs is 1. The van der Waals surface area contributed by atoms with Crippen LogP contribution in [0.15, 0.2) is 41.5 Å². The third-order valence-electron chi connectivity index (χ3n) is 1.69. The summed E-state index contributed by atoms with van der Waals surface area (Å²) >= 11 is 0. The summed E-state index contributed by atoms with van der Waals surface area (Å²) in [7, 11) is 0. The summed E-state index contributed by atoms with van der Waals surface area (Å²) < 4.78 is 0. The van der Waals surface area contributed by atoms with Crippen LogP contribution in [0.4, 0.5) is 5.82 Å². The highest BCUT2D eigenvalue weighted by molar-refractivity contribution is 5.79. The van der Waals surface area contributed by atoms with Crippen molar-refractivity contribution in [3.05, 3.63) is 36.4 Å². The van der Waals surface area contributed by atoms with Gasteiger partial charge in [0.15, 0.2) is 5.82 Å². The first-order valence-electron chi connectivity index (χ1n) is 3.61. The van der Waals surface area contributed by atoms with E-state index in [2.05, 4.69) is 10.1 Å². The highest BCUT2D eigenvalue weighted by atomic mass is 15.0. The van der Waals surface area contributed by atoms with E-state index in [1.807, 2.05) is 30.3 Å². The fourth-order valence-corrected chi connectivity index (χ4v) is 1.11. The van der Waals surface area contributed by atoms with Crippen molar-refractivity contribution in [3.63, 3.8) is 0 Å². The van der Waals surface area contributed by atoms with Crippen LogP contribution >= 0.6 is 0 Å². The molecular weight excluding hydrogens is 150 g/mol. The van der Waals surface area contributed by atoms with Gasteiger partial charge in [0, 0.05) is 5.39 Å². The summed E-state index contributed by atoms with van der Waals surface area (Å²) in [5, 5.41) is 4.06. The van der Waals surface area contributed by atoms with Gasteiger partial charge in [0.2, 0.25) is 0 Å². The van der Waals surface area contributed by atoms with Crippen molar-refractivity contribution in [2.75, 3.05) is 0 Å². The molecule has 0 aliphatic heterocycles. The smallest absolute Gasteiger partial charge is 0.176 e. The van der Waals surface area contributed by atoms with Crippen LogP contribution in [0.5, 0.6) is 0 Å². The van der Waals surface area contributed by atoms with Crippen LogP contribution in [0, 0.1) is 0 Å². The van der Waals surface area contributed by atoms with Crippen molar-refractivity contribution in [1.29, 1.82) is 0 Å². The molecule has 1 aromatic carbocycles. The zero-order valence-corrected chi connectivity index (χ0v) is 6.31. The molecule has 2 rings (SSSR count). The molecule has 57 valence electrons. The zero-order chi connectivity index (χ0) is 8.39. The molecule has 0 saturated carbocycles. The van der Waals surface area contributed by atoms with Crippen molar-refractivity contribution < 1.29 is 0 Å². The number of aromatic nitrogens is 1. The molecule has 0 unspecified atom stereocenters. The SMILES string of the molecule is [N]=Nc1ccc2ccccc2n1. The standard InChI is InChI=1S/C9H6N3/c10-12-9-6-5-7-3-1-2-4-8(7)11-9/h1-6H. The van der Waals surface area contributed by atoms with E-state index in [4.69, 9.17) is 5.53 Å². The molecule has 0 amide bonds. The lowest BCUT2D eigenvalue weighted by Crippen LogP contribution is -1.77. The van der Waals surface area contributed by atoms with Gasteiger partial charge in [-0.15, -0.1) is 5.11 Å². The summed E-state index contributed by atoms with van der Waals surface area (Å²) in [6.07, 6.45) is 0. The Bertz CT molecular complexity index is 423. The van der Waals surface area contributed by atoms with Crippen LogP contribution < -0.4 is 5.53 Å². The van der Waals surface area contributed by atoms with Gasteiger partial charge in [-0.3, -0.25) is 0 Å². The zero-order valence-electron chi connectivity index (χ0n) is 6.31. The number of hydrogen-bond donors (Lipinski definition) is 0. The molecule has 0 N–H and O–H groups in total. The lowest BCUT2D eigenvalue weighted by atomic mass is 10.2. The van der Waals surface area contributed by atoms with Crippen molar-refractivity contribution in [2.24, 2.45) is 5.11 Å². The molecular formula is C9H6N3. The average molecular weight is 156 g/mol. The number of benzene rings is 1. The quantitative estimate of drug-likeness (QED) is 0.583. The van der Waals surface area contributed by atoms with Gasteiger partial charge in [-0.25, -0.2) is 4.98 Å². The highest BCUT2D eigenvalue weighted by Crippen LogP contribution is 2.15. The first kappa shape index (κ1) is 6.91. The Labute approximate surface area is 69.6 Å². The molecule has 3 heteroatoms. The number of rotatable bonds is 1. The van der Waals surface area contributed by atoms with Gasteiger partial charge in [-0.2, -0.15) is 0 Å². The summed E-state index contributed by atoms with van der Waals surface area (Å²) in [5.41, 5.74) is 9.30. The maximum atomic E-state index is 8.46. The Morgan fingerprint density at radius 2 is 1.92 bits per heavy atom. The number of para-hydroxylation sites is 1. The van der Waals surface area contributed by atoms with Crippen LogP contribution in [0.1, 0.15) is 0 Å². The molecule has 3 nitrogen and oxygen atoms in total. The van der Waals surface area contributed by atoms with E-state index in [9.17, 15) is 0 Å². The van der Waals surface area contributed by atoms with E-state index in [0.717, 1.165) is 10.9 Å². The first-order valence-corrected chi connectivity index (χ1v) is 3.61. The molecule has 0 aliphatic rings. The maximum absolute atomic E-state index is 8.46. The van der Waals surface area contributed by atoms with Gasteiger partial charge in [-0.1, -0.05) is 18.2 Å². The van der Waals surface area contributed by atoms with Crippen LogP contribution in [-0.4, -0.2) is 4.98 Å². The van der Waals surface area contributed by atoms with Crippen LogP contribution in [0.2, 0.25) is 0 Å². The predicted octanol–water partition coefficient (Wildman–Crippen LogP) is 2.12. The second-order valence-electron chi connectivity index (χ2n) is 2.46. The lowest BCUT2D eigenvalue weighted by molar-refractivity contribution is 1.22. The predicted molar refractivity (Wildman–Crippen MR) is 46.0 cm³/mol. The number of hydrogen-bond acceptors (Lipinski definition) is 2. The maximum Gasteiger partial charge on any atom is 0.176 e. The minimum atomic E-state index is 0.341. The minimum absolute atomic E-state index is 0.341. The van der Waals surface area contributed by atoms with E-state index in [-0.39, 0.29) is 0 Å². The van der Waals surface area contributed by atoms with Gasteiger partial charge in [-0.05, 0) is 23.7 Å². The summed E-state index contributed by atoms with van der Waals surface area (Å²) in [4.78, 5) is 4.08.